The Kier molecular flexibility index (Phi) is 6.30. The summed E-state index contributed by atoms with van der Waals surface area (Å²) in [4.78, 5) is 28.4. The summed E-state index contributed by atoms with van der Waals surface area (Å²) in [5.41, 5.74) is 3.12. The summed E-state index contributed by atoms with van der Waals surface area (Å²) in [6, 6.07) is 6.05. The van der Waals surface area contributed by atoms with Crippen molar-refractivity contribution >= 4 is 17.5 Å². The van der Waals surface area contributed by atoms with Gasteiger partial charge in [-0.15, -0.1) is 0 Å². The van der Waals surface area contributed by atoms with Crippen LogP contribution in [0.4, 0.5) is 5.69 Å². The lowest BCUT2D eigenvalue weighted by molar-refractivity contribution is -0.895. The van der Waals surface area contributed by atoms with Crippen molar-refractivity contribution in [3.05, 3.63) is 29.3 Å². The zero-order valence-electron chi connectivity index (χ0n) is 16.1. The molecule has 5 nitrogen and oxygen atoms in total. The standard InChI is InChI=1S/C21H31N3O2/c1-16-7-6-8-17(2)20(16)22-19(25)15-23-11-13-24(14-12-23)21(26)18-9-4-3-5-10-18/h6-8,18H,3-5,9-15H2,1-2H3,(H,22,25)/p+1. The van der Waals surface area contributed by atoms with Crippen LogP contribution >= 0.6 is 0 Å². The molecule has 5 heteroatoms. The van der Waals surface area contributed by atoms with Gasteiger partial charge in [0.15, 0.2) is 6.54 Å². The van der Waals surface area contributed by atoms with E-state index in [1.165, 1.54) is 24.2 Å². The summed E-state index contributed by atoms with van der Waals surface area (Å²) in [5.74, 6) is 0.658. The maximum Gasteiger partial charge on any atom is 0.279 e. The molecule has 2 aliphatic rings. The normalized spacial score (nSPS) is 19.4. The van der Waals surface area contributed by atoms with Crippen molar-refractivity contribution in [2.45, 2.75) is 46.0 Å². The molecular formula is C21H32N3O2+. The number of rotatable bonds is 4. The summed E-state index contributed by atoms with van der Waals surface area (Å²) < 4.78 is 0. The summed E-state index contributed by atoms with van der Waals surface area (Å²) >= 11 is 0. The van der Waals surface area contributed by atoms with Gasteiger partial charge in [0.25, 0.3) is 5.91 Å². The number of amides is 2. The van der Waals surface area contributed by atoms with Crippen molar-refractivity contribution < 1.29 is 14.5 Å². The van der Waals surface area contributed by atoms with Crippen LogP contribution in [0.15, 0.2) is 18.2 Å². The Hall–Kier alpha value is -1.88. The van der Waals surface area contributed by atoms with E-state index in [0.29, 0.717) is 12.5 Å². The van der Waals surface area contributed by atoms with Gasteiger partial charge in [-0.05, 0) is 37.8 Å². The van der Waals surface area contributed by atoms with Gasteiger partial charge in [0, 0.05) is 11.6 Å². The summed E-state index contributed by atoms with van der Waals surface area (Å²) in [6.45, 7) is 7.79. The molecule has 2 N–H and O–H groups in total. The van der Waals surface area contributed by atoms with Crippen LogP contribution in [0.1, 0.15) is 43.2 Å². The zero-order chi connectivity index (χ0) is 18.5. The van der Waals surface area contributed by atoms with Crippen molar-refractivity contribution in [1.29, 1.82) is 0 Å². The second-order valence-electron chi connectivity index (χ2n) is 7.90. The molecule has 0 atom stereocenters. The lowest BCUT2D eigenvalue weighted by atomic mass is 9.88. The van der Waals surface area contributed by atoms with Crippen molar-refractivity contribution in [3.8, 4) is 0 Å². The molecule has 142 valence electrons. The highest BCUT2D eigenvalue weighted by Gasteiger charge is 2.30. The number of hydrogen-bond donors (Lipinski definition) is 2. The van der Waals surface area contributed by atoms with Crippen LogP contribution in [0.3, 0.4) is 0 Å². The molecule has 1 aromatic rings. The van der Waals surface area contributed by atoms with Crippen molar-refractivity contribution in [1.82, 2.24) is 4.90 Å². The third-order valence-corrected chi connectivity index (χ3v) is 5.89. The molecule has 2 fully saturated rings. The van der Waals surface area contributed by atoms with E-state index in [9.17, 15) is 9.59 Å². The van der Waals surface area contributed by atoms with E-state index in [4.69, 9.17) is 0 Å². The van der Waals surface area contributed by atoms with E-state index in [1.807, 2.05) is 36.9 Å². The first-order valence-electron chi connectivity index (χ1n) is 10.0. The Morgan fingerprint density at radius 3 is 2.31 bits per heavy atom. The minimum Gasteiger partial charge on any atom is -0.331 e. The van der Waals surface area contributed by atoms with Gasteiger partial charge in [0.05, 0.1) is 26.2 Å². The van der Waals surface area contributed by atoms with Crippen LogP contribution < -0.4 is 10.2 Å². The lowest BCUT2D eigenvalue weighted by Crippen LogP contribution is -3.15. The SMILES string of the molecule is Cc1cccc(C)c1NC(=O)C[NH+]1CCN(C(=O)C2CCCCC2)CC1. The predicted octanol–water partition coefficient (Wildman–Crippen LogP) is 1.55. The summed E-state index contributed by atoms with van der Waals surface area (Å²) in [6.07, 6.45) is 5.78. The van der Waals surface area contributed by atoms with E-state index < -0.39 is 0 Å². The highest BCUT2D eigenvalue weighted by Crippen LogP contribution is 2.25. The molecule has 0 aromatic heterocycles. The van der Waals surface area contributed by atoms with Crippen LogP contribution in [-0.4, -0.2) is 49.4 Å². The Morgan fingerprint density at radius 2 is 1.69 bits per heavy atom. The molecule has 26 heavy (non-hydrogen) atoms. The number of para-hydroxylation sites is 1. The first kappa shape index (κ1) is 18.9. The average molecular weight is 359 g/mol. The molecule has 0 spiro atoms. The first-order chi connectivity index (χ1) is 12.5. The van der Waals surface area contributed by atoms with Gasteiger partial charge in [-0.3, -0.25) is 9.59 Å². The van der Waals surface area contributed by atoms with Crippen molar-refractivity contribution in [3.63, 3.8) is 0 Å². The highest BCUT2D eigenvalue weighted by molar-refractivity contribution is 5.93. The number of aryl methyl sites for hydroxylation is 2. The molecule has 3 rings (SSSR count). The molecule has 0 bridgehead atoms. The highest BCUT2D eigenvalue weighted by atomic mass is 16.2. The monoisotopic (exact) mass is 358 g/mol. The maximum absolute atomic E-state index is 12.6. The predicted molar refractivity (Wildman–Crippen MR) is 103 cm³/mol. The smallest absolute Gasteiger partial charge is 0.279 e. The Balaban J connectivity index is 1.46. The second kappa shape index (κ2) is 8.67. The van der Waals surface area contributed by atoms with Gasteiger partial charge in [-0.25, -0.2) is 0 Å². The van der Waals surface area contributed by atoms with Crippen molar-refractivity contribution in [2.24, 2.45) is 5.92 Å². The molecule has 1 heterocycles. The third-order valence-electron chi connectivity index (χ3n) is 5.89. The largest absolute Gasteiger partial charge is 0.331 e. The van der Waals surface area contributed by atoms with E-state index in [2.05, 4.69) is 5.32 Å². The Morgan fingerprint density at radius 1 is 1.08 bits per heavy atom. The molecule has 1 aliphatic carbocycles. The quantitative estimate of drug-likeness (QED) is 0.858. The molecule has 1 aliphatic heterocycles. The fourth-order valence-electron chi connectivity index (χ4n) is 4.25. The van der Waals surface area contributed by atoms with Crippen LogP contribution in [0, 0.1) is 19.8 Å². The first-order valence-corrected chi connectivity index (χ1v) is 10.0. The van der Waals surface area contributed by atoms with Crippen LogP contribution in [0.25, 0.3) is 0 Å². The molecule has 1 aromatic carbocycles. The number of nitrogens with one attached hydrogen (secondary N) is 2. The summed E-state index contributed by atoms with van der Waals surface area (Å²) in [7, 11) is 0. The third kappa shape index (κ3) is 4.64. The molecule has 1 saturated carbocycles. The average Bonchev–Trinajstić information content (AvgIpc) is 2.66. The van der Waals surface area contributed by atoms with Crippen LogP contribution in [0.2, 0.25) is 0 Å². The number of piperazine rings is 1. The van der Waals surface area contributed by atoms with Gasteiger partial charge in [-0.2, -0.15) is 0 Å². The lowest BCUT2D eigenvalue weighted by Gasteiger charge is -2.34. The molecule has 0 unspecified atom stereocenters. The van der Waals surface area contributed by atoms with E-state index >= 15 is 0 Å². The Labute approximate surface area is 156 Å². The van der Waals surface area contributed by atoms with Crippen LogP contribution in [0.5, 0.6) is 0 Å². The number of quaternary nitrogens is 1. The van der Waals surface area contributed by atoms with Crippen molar-refractivity contribution in [2.75, 3.05) is 38.0 Å². The maximum atomic E-state index is 12.6. The Bertz CT molecular complexity index is 624. The van der Waals surface area contributed by atoms with Gasteiger partial charge in [-0.1, -0.05) is 37.5 Å². The molecule has 1 saturated heterocycles. The van der Waals surface area contributed by atoms with Gasteiger partial charge in [0.1, 0.15) is 0 Å². The summed E-state index contributed by atoms with van der Waals surface area (Å²) in [5, 5.41) is 3.07. The van der Waals surface area contributed by atoms with Gasteiger partial charge in [0.2, 0.25) is 5.91 Å². The van der Waals surface area contributed by atoms with Crippen LogP contribution in [-0.2, 0) is 9.59 Å². The van der Waals surface area contributed by atoms with E-state index in [0.717, 1.165) is 55.8 Å². The molecule has 0 radical (unpaired) electrons. The second-order valence-corrected chi connectivity index (χ2v) is 7.90. The van der Waals surface area contributed by atoms with Gasteiger partial charge >= 0.3 is 0 Å². The fraction of sp³-hybridized carbons (Fsp3) is 0.619. The fourth-order valence-corrected chi connectivity index (χ4v) is 4.25. The zero-order valence-corrected chi connectivity index (χ0v) is 16.1. The van der Waals surface area contributed by atoms with E-state index in [1.54, 1.807) is 0 Å². The topological polar surface area (TPSA) is 53.9 Å². The minimum absolute atomic E-state index is 0.0597. The molecular weight excluding hydrogens is 326 g/mol. The number of anilines is 1. The molecule has 2 amide bonds. The van der Waals surface area contributed by atoms with E-state index in [-0.39, 0.29) is 11.8 Å². The number of nitrogens with zero attached hydrogens (tertiary/aromatic N) is 1. The van der Waals surface area contributed by atoms with Gasteiger partial charge < -0.3 is 15.1 Å². The number of hydrogen-bond acceptors (Lipinski definition) is 2. The number of carbonyl (C=O) groups is 2. The minimum atomic E-state index is 0.0597. The number of benzene rings is 1. The number of carbonyl (C=O) groups excluding carboxylic acids is 2.